The standard InChI is InChI=1S/C14H22N2O4S2/c1-2-20-10-5-8-15-14(17)12-6-3-9-16(12)22(18,19)13-7-4-11-21-13/h4,7,11-12H,2-3,5-6,8-10H2,1H3,(H,15,17)/t12-/m1/s1. The summed E-state index contributed by atoms with van der Waals surface area (Å²) >= 11 is 1.18. The van der Waals surface area contributed by atoms with E-state index in [0.717, 1.165) is 6.42 Å². The maximum absolute atomic E-state index is 12.6. The number of ether oxygens (including phenoxy) is 1. The maximum Gasteiger partial charge on any atom is 0.253 e. The van der Waals surface area contributed by atoms with Gasteiger partial charge in [0, 0.05) is 26.3 Å². The van der Waals surface area contributed by atoms with Crippen molar-refractivity contribution in [1.29, 1.82) is 0 Å². The quantitative estimate of drug-likeness (QED) is 0.723. The summed E-state index contributed by atoms with van der Waals surface area (Å²) in [6, 6.07) is 2.69. The first-order valence-electron chi connectivity index (χ1n) is 7.48. The van der Waals surface area contributed by atoms with Gasteiger partial charge < -0.3 is 10.1 Å². The third-order valence-corrected chi connectivity index (χ3v) is 6.81. The van der Waals surface area contributed by atoms with Crippen LogP contribution in [0.5, 0.6) is 0 Å². The van der Waals surface area contributed by atoms with Crippen molar-refractivity contribution >= 4 is 27.3 Å². The van der Waals surface area contributed by atoms with Gasteiger partial charge >= 0.3 is 0 Å². The fraction of sp³-hybridized carbons (Fsp3) is 0.643. The monoisotopic (exact) mass is 346 g/mol. The Kier molecular flexibility index (Phi) is 6.37. The summed E-state index contributed by atoms with van der Waals surface area (Å²) in [7, 11) is -3.56. The van der Waals surface area contributed by atoms with Gasteiger partial charge in [-0.2, -0.15) is 4.31 Å². The van der Waals surface area contributed by atoms with Gasteiger partial charge in [-0.25, -0.2) is 8.42 Å². The molecule has 1 aliphatic rings. The van der Waals surface area contributed by atoms with Gasteiger partial charge in [0.1, 0.15) is 10.3 Å². The molecule has 1 N–H and O–H groups in total. The van der Waals surface area contributed by atoms with E-state index in [1.807, 2.05) is 6.92 Å². The lowest BCUT2D eigenvalue weighted by Gasteiger charge is -2.22. The average molecular weight is 346 g/mol. The van der Waals surface area contributed by atoms with E-state index in [0.29, 0.717) is 43.4 Å². The van der Waals surface area contributed by atoms with Crippen LogP contribution in [-0.4, -0.2) is 51.0 Å². The number of nitrogens with zero attached hydrogens (tertiary/aromatic N) is 1. The molecule has 0 unspecified atom stereocenters. The van der Waals surface area contributed by atoms with E-state index in [4.69, 9.17) is 4.74 Å². The number of hydrogen-bond donors (Lipinski definition) is 1. The second kappa shape index (κ2) is 8.05. The lowest BCUT2D eigenvalue weighted by Crippen LogP contribution is -2.46. The molecule has 0 aromatic carbocycles. The van der Waals surface area contributed by atoms with E-state index < -0.39 is 16.1 Å². The Morgan fingerprint density at radius 2 is 2.36 bits per heavy atom. The van der Waals surface area contributed by atoms with Crippen molar-refractivity contribution in [2.75, 3.05) is 26.3 Å². The van der Waals surface area contributed by atoms with Crippen LogP contribution >= 0.6 is 11.3 Å². The number of rotatable bonds is 8. The summed E-state index contributed by atoms with van der Waals surface area (Å²) in [5.41, 5.74) is 0. The largest absolute Gasteiger partial charge is 0.382 e. The highest BCUT2D eigenvalue weighted by molar-refractivity contribution is 7.91. The fourth-order valence-electron chi connectivity index (χ4n) is 2.46. The highest BCUT2D eigenvalue weighted by atomic mass is 32.2. The first-order chi connectivity index (χ1) is 10.6. The van der Waals surface area contributed by atoms with Gasteiger partial charge in [-0.1, -0.05) is 6.07 Å². The molecule has 1 fully saturated rings. The van der Waals surface area contributed by atoms with Crippen LogP contribution in [0.4, 0.5) is 0 Å². The van der Waals surface area contributed by atoms with E-state index in [1.165, 1.54) is 15.6 Å². The molecular formula is C14H22N2O4S2. The number of hydrogen-bond acceptors (Lipinski definition) is 5. The number of nitrogens with one attached hydrogen (secondary N) is 1. The van der Waals surface area contributed by atoms with Crippen molar-refractivity contribution in [2.24, 2.45) is 0 Å². The first kappa shape index (κ1) is 17.4. The Labute approximate surface area is 135 Å². The molecule has 0 radical (unpaired) electrons. The van der Waals surface area contributed by atoms with Gasteiger partial charge in [-0.3, -0.25) is 4.79 Å². The van der Waals surface area contributed by atoms with Crippen LogP contribution < -0.4 is 5.32 Å². The first-order valence-corrected chi connectivity index (χ1v) is 9.80. The summed E-state index contributed by atoms with van der Waals surface area (Å²) in [4.78, 5) is 12.3. The highest BCUT2D eigenvalue weighted by Crippen LogP contribution is 2.28. The van der Waals surface area contributed by atoms with Crippen molar-refractivity contribution in [2.45, 2.75) is 36.4 Å². The zero-order valence-electron chi connectivity index (χ0n) is 12.7. The van der Waals surface area contributed by atoms with Crippen LogP contribution in [0.2, 0.25) is 0 Å². The number of carbonyl (C=O) groups excluding carboxylic acids is 1. The Balaban J connectivity index is 1.94. The third kappa shape index (κ3) is 4.07. The van der Waals surface area contributed by atoms with E-state index in [2.05, 4.69) is 5.32 Å². The Morgan fingerprint density at radius 3 is 3.05 bits per heavy atom. The molecule has 1 saturated heterocycles. The van der Waals surface area contributed by atoms with E-state index in [1.54, 1.807) is 17.5 Å². The summed E-state index contributed by atoms with van der Waals surface area (Å²) in [6.07, 6.45) is 2.01. The normalized spacial score (nSPS) is 19.4. The molecular weight excluding hydrogens is 324 g/mol. The molecule has 8 heteroatoms. The molecule has 2 rings (SSSR count). The summed E-state index contributed by atoms with van der Waals surface area (Å²) < 4.78 is 32.0. The maximum atomic E-state index is 12.6. The van der Waals surface area contributed by atoms with Crippen molar-refractivity contribution in [3.05, 3.63) is 17.5 Å². The number of amides is 1. The zero-order valence-corrected chi connectivity index (χ0v) is 14.3. The molecule has 0 spiro atoms. The van der Waals surface area contributed by atoms with Crippen LogP contribution in [0.1, 0.15) is 26.2 Å². The van der Waals surface area contributed by atoms with E-state index >= 15 is 0 Å². The van der Waals surface area contributed by atoms with Gasteiger partial charge in [-0.05, 0) is 37.6 Å². The number of thiophene rings is 1. The van der Waals surface area contributed by atoms with Gasteiger partial charge in [-0.15, -0.1) is 11.3 Å². The Morgan fingerprint density at radius 1 is 1.55 bits per heavy atom. The number of carbonyl (C=O) groups is 1. The molecule has 1 aliphatic heterocycles. The zero-order chi connectivity index (χ0) is 16.0. The predicted molar refractivity (Wildman–Crippen MR) is 85.4 cm³/mol. The van der Waals surface area contributed by atoms with E-state index in [9.17, 15) is 13.2 Å². The average Bonchev–Trinajstić information content (AvgIpc) is 3.18. The molecule has 1 aromatic heterocycles. The molecule has 1 amide bonds. The molecule has 1 atom stereocenters. The van der Waals surface area contributed by atoms with Crippen molar-refractivity contribution in [3.63, 3.8) is 0 Å². The summed E-state index contributed by atoms with van der Waals surface area (Å²) in [6.45, 7) is 4.08. The molecule has 0 bridgehead atoms. The molecule has 0 aliphatic carbocycles. The number of sulfonamides is 1. The topological polar surface area (TPSA) is 75.7 Å². The predicted octanol–water partition coefficient (Wildman–Crippen LogP) is 1.44. The van der Waals surface area contributed by atoms with Gasteiger partial charge in [0.2, 0.25) is 5.91 Å². The molecule has 124 valence electrons. The SMILES string of the molecule is CCOCCCNC(=O)[C@H]1CCCN1S(=O)(=O)c1cccs1. The minimum atomic E-state index is -3.56. The smallest absolute Gasteiger partial charge is 0.253 e. The van der Waals surface area contributed by atoms with Crippen LogP contribution in [0.15, 0.2) is 21.7 Å². The Hall–Kier alpha value is -0.960. The van der Waals surface area contributed by atoms with Gasteiger partial charge in [0.25, 0.3) is 10.0 Å². The molecule has 0 saturated carbocycles. The lowest BCUT2D eigenvalue weighted by atomic mass is 10.2. The molecule has 6 nitrogen and oxygen atoms in total. The summed E-state index contributed by atoms with van der Waals surface area (Å²) in [5.74, 6) is -0.214. The van der Waals surface area contributed by atoms with Crippen LogP contribution in [0.25, 0.3) is 0 Å². The van der Waals surface area contributed by atoms with E-state index in [-0.39, 0.29) is 5.91 Å². The van der Waals surface area contributed by atoms with Gasteiger partial charge in [0.05, 0.1) is 0 Å². The van der Waals surface area contributed by atoms with Crippen molar-refractivity contribution < 1.29 is 17.9 Å². The fourth-order valence-corrected chi connectivity index (χ4v) is 5.24. The summed E-state index contributed by atoms with van der Waals surface area (Å²) in [5, 5.41) is 4.54. The van der Waals surface area contributed by atoms with Crippen molar-refractivity contribution in [1.82, 2.24) is 9.62 Å². The minimum Gasteiger partial charge on any atom is -0.382 e. The molecule has 22 heavy (non-hydrogen) atoms. The lowest BCUT2D eigenvalue weighted by molar-refractivity contribution is -0.124. The molecule has 1 aromatic rings. The Bertz CT molecular complexity index is 572. The van der Waals surface area contributed by atoms with Crippen LogP contribution in [-0.2, 0) is 19.6 Å². The minimum absolute atomic E-state index is 0.214. The third-order valence-electron chi connectivity index (χ3n) is 3.53. The molecule has 2 heterocycles. The highest BCUT2D eigenvalue weighted by Gasteiger charge is 2.39. The second-order valence-electron chi connectivity index (χ2n) is 5.05. The second-order valence-corrected chi connectivity index (χ2v) is 8.11. The van der Waals surface area contributed by atoms with Crippen LogP contribution in [0, 0.1) is 0 Å². The van der Waals surface area contributed by atoms with Crippen molar-refractivity contribution in [3.8, 4) is 0 Å². The van der Waals surface area contributed by atoms with Crippen LogP contribution in [0.3, 0.4) is 0 Å². The van der Waals surface area contributed by atoms with Gasteiger partial charge in [0.15, 0.2) is 0 Å².